The van der Waals surface area contributed by atoms with Gasteiger partial charge in [0.15, 0.2) is 5.16 Å². The van der Waals surface area contributed by atoms with E-state index in [1.807, 2.05) is 50.2 Å². The van der Waals surface area contributed by atoms with E-state index in [4.69, 9.17) is 4.98 Å². The highest BCUT2D eigenvalue weighted by molar-refractivity contribution is 7.99. The Morgan fingerprint density at radius 1 is 1.19 bits per heavy atom. The molecule has 0 atom stereocenters. The lowest BCUT2D eigenvalue weighted by atomic mass is 10.1. The van der Waals surface area contributed by atoms with Crippen LogP contribution in [0.5, 0.6) is 0 Å². The van der Waals surface area contributed by atoms with Crippen LogP contribution in [0.4, 0.5) is 0 Å². The van der Waals surface area contributed by atoms with E-state index < -0.39 is 0 Å². The Morgan fingerprint density at radius 3 is 2.74 bits per heavy atom. The molecule has 1 aromatic heterocycles. The maximum atomic E-state index is 13.3. The number of aromatic nitrogens is 2. The lowest BCUT2D eigenvalue weighted by molar-refractivity contribution is -0.118. The number of hydrogen-bond donors (Lipinski definition) is 1. The highest BCUT2D eigenvalue weighted by Crippen LogP contribution is 2.25. The van der Waals surface area contributed by atoms with E-state index in [2.05, 4.69) is 5.32 Å². The number of fused-ring (bicyclic) bond motifs is 1. The molecule has 138 valence electrons. The first kappa shape index (κ1) is 17.8. The van der Waals surface area contributed by atoms with E-state index in [9.17, 15) is 9.59 Å². The van der Waals surface area contributed by atoms with Gasteiger partial charge in [-0.1, -0.05) is 36.0 Å². The summed E-state index contributed by atoms with van der Waals surface area (Å²) in [5.74, 6) is 0.226. The summed E-state index contributed by atoms with van der Waals surface area (Å²) < 4.78 is 1.64. The van der Waals surface area contributed by atoms with Gasteiger partial charge in [0, 0.05) is 6.04 Å². The van der Waals surface area contributed by atoms with Gasteiger partial charge in [-0.2, -0.15) is 0 Å². The molecule has 1 aliphatic rings. The molecule has 6 heteroatoms. The third-order valence-corrected chi connectivity index (χ3v) is 5.78. The SMILES string of the molecule is Cc1cccc(-n2c(SCC(=O)NC3CC3)nc3ccccc3c2=O)c1C. The van der Waals surface area contributed by atoms with Crippen molar-refractivity contribution in [3.63, 3.8) is 0 Å². The second-order valence-corrected chi connectivity index (χ2v) is 7.84. The molecule has 3 aromatic rings. The van der Waals surface area contributed by atoms with Crippen LogP contribution in [0.3, 0.4) is 0 Å². The lowest BCUT2D eigenvalue weighted by Crippen LogP contribution is -2.28. The molecule has 0 saturated heterocycles. The van der Waals surface area contributed by atoms with Crippen LogP contribution < -0.4 is 10.9 Å². The molecule has 1 fully saturated rings. The fourth-order valence-electron chi connectivity index (χ4n) is 3.03. The Kier molecular flexibility index (Phi) is 4.74. The topological polar surface area (TPSA) is 64.0 Å². The van der Waals surface area contributed by atoms with Crippen LogP contribution in [-0.4, -0.2) is 27.3 Å². The smallest absolute Gasteiger partial charge is 0.266 e. The summed E-state index contributed by atoms with van der Waals surface area (Å²) in [6.07, 6.45) is 2.11. The summed E-state index contributed by atoms with van der Waals surface area (Å²) in [7, 11) is 0. The molecule has 1 N–H and O–H groups in total. The second-order valence-electron chi connectivity index (χ2n) is 6.90. The van der Waals surface area contributed by atoms with Crippen molar-refractivity contribution in [1.29, 1.82) is 0 Å². The van der Waals surface area contributed by atoms with Crippen molar-refractivity contribution in [3.05, 3.63) is 63.9 Å². The van der Waals surface area contributed by atoms with E-state index >= 15 is 0 Å². The molecule has 1 heterocycles. The van der Waals surface area contributed by atoms with Crippen molar-refractivity contribution < 1.29 is 4.79 Å². The molecule has 0 unspecified atom stereocenters. The van der Waals surface area contributed by atoms with Crippen LogP contribution in [-0.2, 0) is 4.79 Å². The van der Waals surface area contributed by atoms with Gasteiger partial charge < -0.3 is 5.32 Å². The zero-order valence-corrected chi connectivity index (χ0v) is 16.2. The minimum Gasteiger partial charge on any atom is -0.353 e. The number of hydrogen-bond acceptors (Lipinski definition) is 4. The Hall–Kier alpha value is -2.60. The Bertz CT molecular complexity index is 1090. The second kappa shape index (κ2) is 7.19. The van der Waals surface area contributed by atoms with Crippen LogP contribution in [0.25, 0.3) is 16.6 Å². The third-order valence-electron chi connectivity index (χ3n) is 4.84. The minimum absolute atomic E-state index is 0.0163. The van der Waals surface area contributed by atoms with Crippen LogP contribution in [0.1, 0.15) is 24.0 Å². The number of para-hydroxylation sites is 1. The minimum atomic E-state index is -0.112. The van der Waals surface area contributed by atoms with Gasteiger partial charge in [0.25, 0.3) is 5.56 Å². The molecular formula is C21H21N3O2S. The number of amides is 1. The van der Waals surface area contributed by atoms with E-state index in [0.717, 1.165) is 29.7 Å². The van der Waals surface area contributed by atoms with Gasteiger partial charge in [0.1, 0.15) is 0 Å². The predicted molar refractivity (Wildman–Crippen MR) is 109 cm³/mol. The molecule has 0 radical (unpaired) electrons. The first-order valence-electron chi connectivity index (χ1n) is 9.05. The summed E-state index contributed by atoms with van der Waals surface area (Å²) in [6.45, 7) is 4.02. The van der Waals surface area contributed by atoms with Gasteiger partial charge in [0.05, 0.1) is 22.3 Å². The van der Waals surface area contributed by atoms with E-state index in [0.29, 0.717) is 22.1 Å². The first-order valence-corrected chi connectivity index (χ1v) is 10.0. The normalized spacial score (nSPS) is 13.7. The monoisotopic (exact) mass is 379 g/mol. The van der Waals surface area contributed by atoms with Crippen molar-refractivity contribution in [2.24, 2.45) is 0 Å². The van der Waals surface area contributed by atoms with Gasteiger partial charge in [-0.15, -0.1) is 0 Å². The molecule has 1 saturated carbocycles. The predicted octanol–water partition coefficient (Wildman–Crippen LogP) is 3.37. The Labute approximate surface area is 161 Å². The zero-order chi connectivity index (χ0) is 19.0. The zero-order valence-electron chi connectivity index (χ0n) is 15.4. The summed E-state index contributed by atoms with van der Waals surface area (Å²) >= 11 is 1.30. The van der Waals surface area contributed by atoms with Crippen molar-refractivity contribution in [3.8, 4) is 5.69 Å². The molecular weight excluding hydrogens is 358 g/mol. The number of carbonyl (C=O) groups is 1. The molecule has 4 rings (SSSR count). The van der Waals surface area contributed by atoms with E-state index in [1.54, 1.807) is 10.6 Å². The van der Waals surface area contributed by atoms with E-state index in [-0.39, 0.29) is 17.2 Å². The van der Waals surface area contributed by atoms with Crippen molar-refractivity contribution in [2.75, 3.05) is 5.75 Å². The first-order chi connectivity index (χ1) is 13.0. The fraction of sp³-hybridized carbons (Fsp3) is 0.286. The summed E-state index contributed by atoms with van der Waals surface area (Å²) in [5, 5.41) is 4.10. The van der Waals surface area contributed by atoms with Crippen molar-refractivity contribution in [2.45, 2.75) is 37.9 Å². The number of carbonyl (C=O) groups excluding carboxylic acids is 1. The largest absolute Gasteiger partial charge is 0.353 e. The molecule has 0 bridgehead atoms. The Balaban J connectivity index is 1.81. The van der Waals surface area contributed by atoms with E-state index in [1.165, 1.54) is 11.8 Å². The molecule has 0 aliphatic heterocycles. The molecule has 2 aromatic carbocycles. The van der Waals surface area contributed by atoms with Gasteiger partial charge in [0.2, 0.25) is 5.91 Å². The number of benzene rings is 2. The summed E-state index contributed by atoms with van der Waals surface area (Å²) in [6, 6.07) is 13.5. The number of thioether (sulfide) groups is 1. The van der Waals surface area contributed by atoms with Crippen molar-refractivity contribution >= 4 is 28.6 Å². The number of rotatable bonds is 5. The maximum Gasteiger partial charge on any atom is 0.266 e. The highest BCUT2D eigenvalue weighted by atomic mass is 32.2. The maximum absolute atomic E-state index is 13.3. The van der Waals surface area contributed by atoms with Gasteiger partial charge in [-0.05, 0) is 56.0 Å². The van der Waals surface area contributed by atoms with Crippen molar-refractivity contribution in [1.82, 2.24) is 14.9 Å². The van der Waals surface area contributed by atoms with Crippen LogP contribution in [0.2, 0.25) is 0 Å². The van der Waals surface area contributed by atoms with Crippen LogP contribution in [0, 0.1) is 13.8 Å². The summed E-state index contributed by atoms with van der Waals surface area (Å²) in [5.41, 5.74) is 3.48. The van der Waals surface area contributed by atoms with Gasteiger partial charge in [-0.25, -0.2) is 4.98 Å². The standard InChI is InChI=1S/C21H21N3O2S/c1-13-6-5-9-18(14(13)2)24-20(26)16-7-3-4-8-17(16)23-21(24)27-12-19(25)22-15-10-11-15/h3-9,15H,10-12H2,1-2H3,(H,22,25). The molecule has 27 heavy (non-hydrogen) atoms. The van der Waals surface area contributed by atoms with Gasteiger partial charge in [-0.3, -0.25) is 14.2 Å². The lowest BCUT2D eigenvalue weighted by Gasteiger charge is -2.16. The summed E-state index contributed by atoms with van der Waals surface area (Å²) in [4.78, 5) is 30.1. The number of aryl methyl sites for hydroxylation is 1. The number of nitrogens with one attached hydrogen (secondary N) is 1. The highest BCUT2D eigenvalue weighted by Gasteiger charge is 2.23. The van der Waals surface area contributed by atoms with Gasteiger partial charge >= 0.3 is 0 Å². The molecule has 1 amide bonds. The number of nitrogens with zero attached hydrogens (tertiary/aromatic N) is 2. The average Bonchev–Trinajstić information content (AvgIpc) is 3.47. The third kappa shape index (κ3) is 3.62. The molecule has 0 spiro atoms. The van der Waals surface area contributed by atoms with Crippen LogP contribution in [0.15, 0.2) is 52.4 Å². The fourth-order valence-corrected chi connectivity index (χ4v) is 3.84. The Morgan fingerprint density at radius 2 is 1.96 bits per heavy atom. The quantitative estimate of drug-likeness (QED) is 0.545. The molecule has 5 nitrogen and oxygen atoms in total. The molecule has 1 aliphatic carbocycles. The van der Waals surface area contributed by atoms with Crippen LogP contribution >= 0.6 is 11.8 Å². The average molecular weight is 379 g/mol.